The molecule has 3 aromatic rings. The molecule has 0 bridgehead atoms. The molecular weight excluding hydrogens is 421 g/mol. The number of nitrogens with zero attached hydrogens (tertiary/aromatic N) is 5. The van der Waals surface area contributed by atoms with E-state index in [0.717, 1.165) is 17.7 Å². The Morgan fingerprint density at radius 2 is 2.04 bits per heavy atom. The molecule has 0 aliphatic heterocycles. The second kappa shape index (κ2) is 9.97. The van der Waals surface area contributed by atoms with Crippen LogP contribution in [0.1, 0.15) is 16.9 Å². The summed E-state index contributed by atoms with van der Waals surface area (Å²) < 4.78 is 6.17. The van der Waals surface area contributed by atoms with Crippen LogP contribution in [0.2, 0.25) is 5.02 Å². The first kappa shape index (κ1) is 22.3. The van der Waals surface area contributed by atoms with Gasteiger partial charge in [-0.05, 0) is 39.2 Å². The number of carbonyl (C=O) groups is 1. The maximum Gasteiger partial charge on any atom is 0.280 e. The number of benzene rings is 1. The van der Waals surface area contributed by atoms with Crippen LogP contribution in [0, 0.1) is 0 Å². The molecule has 150 valence electrons. The Labute approximate surface area is 178 Å². The van der Waals surface area contributed by atoms with E-state index in [1.807, 2.05) is 14.1 Å². The van der Waals surface area contributed by atoms with Gasteiger partial charge in [0.1, 0.15) is 17.0 Å². The van der Waals surface area contributed by atoms with E-state index in [1.165, 1.54) is 29.9 Å². The summed E-state index contributed by atoms with van der Waals surface area (Å²) >= 11 is 7.69. The van der Waals surface area contributed by atoms with Gasteiger partial charge in [-0.1, -0.05) is 22.9 Å². The van der Waals surface area contributed by atoms with Crippen LogP contribution in [0.3, 0.4) is 0 Å². The van der Waals surface area contributed by atoms with Gasteiger partial charge in [-0.25, -0.2) is 9.97 Å². The van der Waals surface area contributed by atoms with Crippen LogP contribution in [0.5, 0.6) is 5.75 Å². The Bertz CT molecular complexity index is 936. The first-order chi connectivity index (χ1) is 13.0. The molecule has 0 aliphatic carbocycles. The SMILES string of the molecule is COc1ccc(Cl)c2sc(N(CCCN(C)C)C(=O)c3cnccn3)nc12.Cl. The highest BCUT2D eigenvalue weighted by atomic mass is 35.5. The van der Waals surface area contributed by atoms with Crippen molar-refractivity contribution in [2.75, 3.05) is 39.2 Å². The predicted molar refractivity (Wildman–Crippen MR) is 115 cm³/mol. The molecule has 3 rings (SSSR count). The first-order valence-corrected chi connectivity index (χ1v) is 9.56. The van der Waals surface area contributed by atoms with Gasteiger partial charge in [-0.2, -0.15) is 0 Å². The normalized spacial score (nSPS) is 10.8. The second-order valence-electron chi connectivity index (χ2n) is 6.13. The fraction of sp³-hybridized carbons (Fsp3) is 0.333. The van der Waals surface area contributed by atoms with Gasteiger partial charge in [0.2, 0.25) is 0 Å². The number of fused-ring (bicyclic) bond motifs is 1. The number of thiazole rings is 1. The van der Waals surface area contributed by atoms with Crippen molar-refractivity contribution in [3.8, 4) is 5.75 Å². The van der Waals surface area contributed by atoms with E-state index in [1.54, 1.807) is 24.1 Å². The minimum atomic E-state index is -0.240. The Hall–Kier alpha value is -2.00. The number of amides is 1. The number of carbonyl (C=O) groups excluding carboxylic acids is 1. The molecule has 0 saturated carbocycles. The van der Waals surface area contributed by atoms with Crippen molar-refractivity contribution in [3.63, 3.8) is 0 Å². The predicted octanol–water partition coefficient (Wildman–Crippen LogP) is 3.77. The molecule has 1 amide bonds. The Morgan fingerprint density at radius 1 is 1.25 bits per heavy atom. The molecular formula is C18H21Cl2N5O2S. The van der Waals surface area contributed by atoms with Gasteiger partial charge < -0.3 is 9.64 Å². The molecule has 0 aliphatic rings. The summed E-state index contributed by atoms with van der Waals surface area (Å²) in [5.41, 5.74) is 0.925. The maximum atomic E-state index is 13.0. The van der Waals surface area contributed by atoms with Crippen LogP contribution in [0.4, 0.5) is 5.13 Å². The number of ether oxygens (including phenoxy) is 1. The molecule has 0 N–H and O–H groups in total. The van der Waals surface area contributed by atoms with Gasteiger partial charge in [0, 0.05) is 18.9 Å². The third-order valence-electron chi connectivity index (χ3n) is 3.91. The summed E-state index contributed by atoms with van der Waals surface area (Å²) in [6.45, 7) is 1.35. The monoisotopic (exact) mass is 441 g/mol. The zero-order valence-corrected chi connectivity index (χ0v) is 18.1. The molecule has 10 heteroatoms. The van der Waals surface area contributed by atoms with Crippen LogP contribution in [-0.2, 0) is 0 Å². The molecule has 0 fully saturated rings. The third kappa shape index (κ3) is 4.88. The summed E-state index contributed by atoms with van der Waals surface area (Å²) in [6.07, 6.45) is 5.29. The lowest BCUT2D eigenvalue weighted by molar-refractivity contribution is 0.0981. The molecule has 0 saturated heterocycles. The Morgan fingerprint density at radius 3 is 2.68 bits per heavy atom. The minimum Gasteiger partial charge on any atom is -0.494 e. The average Bonchev–Trinajstić information content (AvgIpc) is 3.11. The quantitative estimate of drug-likeness (QED) is 0.555. The largest absolute Gasteiger partial charge is 0.494 e. The van der Waals surface area contributed by atoms with E-state index < -0.39 is 0 Å². The van der Waals surface area contributed by atoms with E-state index >= 15 is 0 Å². The number of methoxy groups -OCH3 is 1. The first-order valence-electron chi connectivity index (χ1n) is 8.37. The summed E-state index contributed by atoms with van der Waals surface area (Å²) in [4.78, 5) is 29.5. The standard InChI is InChI=1S/C18H20ClN5O2S.ClH/c1-23(2)9-4-10-24(17(25)13-11-20-7-8-21-13)18-22-15-14(26-3)6-5-12(19)16(15)27-18;/h5-8,11H,4,9-10H2,1-3H3;1H. The molecule has 7 nitrogen and oxygen atoms in total. The fourth-order valence-corrected chi connectivity index (χ4v) is 3.88. The van der Waals surface area contributed by atoms with Gasteiger partial charge in [0.25, 0.3) is 5.91 Å². The molecule has 0 atom stereocenters. The molecule has 0 radical (unpaired) electrons. The van der Waals surface area contributed by atoms with Crippen LogP contribution in [0.25, 0.3) is 10.2 Å². The van der Waals surface area contributed by atoms with Crippen molar-refractivity contribution in [1.82, 2.24) is 19.9 Å². The number of aromatic nitrogens is 3. The fourth-order valence-electron chi connectivity index (χ4n) is 2.60. The lowest BCUT2D eigenvalue weighted by atomic mass is 10.3. The number of anilines is 1. The zero-order chi connectivity index (χ0) is 19.4. The van der Waals surface area contributed by atoms with Crippen LogP contribution >= 0.6 is 35.3 Å². The van der Waals surface area contributed by atoms with Crippen molar-refractivity contribution >= 4 is 56.6 Å². The van der Waals surface area contributed by atoms with Crippen molar-refractivity contribution in [3.05, 3.63) is 41.4 Å². The van der Waals surface area contributed by atoms with E-state index in [9.17, 15) is 4.79 Å². The summed E-state index contributed by atoms with van der Waals surface area (Å²) in [7, 11) is 5.58. The molecule has 2 aromatic heterocycles. The van der Waals surface area contributed by atoms with Crippen molar-refractivity contribution < 1.29 is 9.53 Å². The molecule has 1 aromatic carbocycles. The minimum absolute atomic E-state index is 0. The van der Waals surface area contributed by atoms with Crippen LogP contribution in [0.15, 0.2) is 30.7 Å². The summed E-state index contributed by atoms with van der Waals surface area (Å²) in [5.74, 6) is 0.382. The highest BCUT2D eigenvalue weighted by Gasteiger charge is 2.24. The molecule has 0 unspecified atom stereocenters. The van der Waals surface area contributed by atoms with Gasteiger partial charge in [0.05, 0.1) is 23.0 Å². The lowest BCUT2D eigenvalue weighted by Crippen LogP contribution is -2.34. The summed E-state index contributed by atoms with van der Waals surface area (Å²) in [5, 5.41) is 1.14. The van der Waals surface area contributed by atoms with Crippen molar-refractivity contribution in [2.45, 2.75) is 6.42 Å². The van der Waals surface area contributed by atoms with E-state index in [4.69, 9.17) is 16.3 Å². The number of hydrogen-bond acceptors (Lipinski definition) is 7. The number of rotatable bonds is 7. The lowest BCUT2D eigenvalue weighted by Gasteiger charge is -2.20. The van der Waals surface area contributed by atoms with Crippen LogP contribution in [-0.4, -0.2) is 60.1 Å². The second-order valence-corrected chi connectivity index (χ2v) is 7.51. The number of halogens is 2. The maximum absolute atomic E-state index is 13.0. The average molecular weight is 442 g/mol. The Kier molecular flexibility index (Phi) is 7.94. The Balaban J connectivity index is 0.00000280. The zero-order valence-electron chi connectivity index (χ0n) is 15.8. The van der Waals surface area contributed by atoms with Gasteiger partial charge >= 0.3 is 0 Å². The topological polar surface area (TPSA) is 71.5 Å². The van der Waals surface area contributed by atoms with E-state index in [0.29, 0.717) is 28.0 Å². The molecule has 2 heterocycles. The van der Waals surface area contributed by atoms with Gasteiger partial charge in [-0.3, -0.25) is 14.7 Å². The number of hydrogen-bond donors (Lipinski definition) is 0. The molecule has 28 heavy (non-hydrogen) atoms. The van der Waals surface area contributed by atoms with Crippen molar-refractivity contribution in [1.29, 1.82) is 0 Å². The van der Waals surface area contributed by atoms with Crippen molar-refractivity contribution in [2.24, 2.45) is 0 Å². The van der Waals surface area contributed by atoms with Crippen LogP contribution < -0.4 is 9.64 Å². The highest BCUT2D eigenvalue weighted by molar-refractivity contribution is 7.23. The molecule has 0 spiro atoms. The van der Waals surface area contributed by atoms with E-state index in [-0.39, 0.29) is 24.0 Å². The van der Waals surface area contributed by atoms with E-state index in [2.05, 4.69) is 19.9 Å². The smallest absolute Gasteiger partial charge is 0.280 e. The van der Waals surface area contributed by atoms with Gasteiger partial charge in [0.15, 0.2) is 5.13 Å². The highest BCUT2D eigenvalue weighted by Crippen LogP contribution is 2.39. The van der Waals surface area contributed by atoms with Gasteiger partial charge in [-0.15, -0.1) is 12.4 Å². The summed E-state index contributed by atoms with van der Waals surface area (Å²) in [6, 6.07) is 3.54. The third-order valence-corrected chi connectivity index (χ3v) is 5.45.